The Bertz CT molecular complexity index is 501. The molecule has 90 valence electrons. The Morgan fingerprint density at radius 1 is 1.35 bits per heavy atom. The molecule has 1 rings (SSSR count). The second-order valence-electron chi connectivity index (χ2n) is 3.99. The summed E-state index contributed by atoms with van der Waals surface area (Å²) < 4.78 is 5.35. The van der Waals surface area contributed by atoms with Gasteiger partial charge in [-0.25, -0.2) is 0 Å². The summed E-state index contributed by atoms with van der Waals surface area (Å²) >= 11 is 0. The van der Waals surface area contributed by atoms with Gasteiger partial charge in [0, 0.05) is 7.05 Å². The van der Waals surface area contributed by atoms with E-state index in [1.807, 2.05) is 26.8 Å². The second kappa shape index (κ2) is 4.88. The molecular weight excluding hydrogens is 216 g/mol. The summed E-state index contributed by atoms with van der Waals surface area (Å²) in [5.74, 6) is 0.0447. The number of nitriles is 1. The van der Waals surface area contributed by atoms with Crippen LogP contribution in [0.5, 0.6) is 5.75 Å². The van der Waals surface area contributed by atoms with E-state index in [2.05, 4.69) is 0 Å². The molecule has 0 atom stereocenters. The fourth-order valence-electron chi connectivity index (χ4n) is 1.88. The van der Waals surface area contributed by atoms with Crippen LogP contribution in [0.3, 0.4) is 0 Å². The largest absolute Gasteiger partial charge is 0.494 e. The number of nitrogens with zero attached hydrogens (tertiary/aromatic N) is 2. The summed E-state index contributed by atoms with van der Waals surface area (Å²) in [6.45, 7) is 5.81. The van der Waals surface area contributed by atoms with Crippen LogP contribution in [0.25, 0.3) is 0 Å². The molecule has 1 aromatic carbocycles. The van der Waals surface area contributed by atoms with Crippen molar-refractivity contribution in [1.29, 1.82) is 5.26 Å². The summed E-state index contributed by atoms with van der Waals surface area (Å²) in [4.78, 5) is 12.8. The quantitative estimate of drug-likeness (QED) is 0.734. The second-order valence-corrected chi connectivity index (χ2v) is 3.99. The number of rotatable bonds is 2. The summed E-state index contributed by atoms with van der Waals surface area (Å²) in [5.41, 5.74) is 3.64. The number of hydrogen-bond donors (Lipinski definition) is 0. The number of methoxy groups -OCH3 is 1. The average Bonchev–Trinajstić information content (AvgIpc) is 2.31. The number of amides is 1. The Kier molecular flexibility index (Phi) is 3.74. The van der Waals surface area contributed by atoms with Gasteiger partial charge in [-0.1, -0.05) is 6.07 Å². The first-order valence-electron chi connectivity index (χ1n) is 5.26. The first-order chi connectivity index (χ1) is 7.93. The Balaban J connectivity index is 3.48. The van der Waals surface area contributed by atoms with Gasteiger partial charge >= 0.3 is 5.91 Å². The minimum absolute atomic E-state index is 0.602. The van der Waals surface area contributed by atoms with E-state index >= 15 is 0 Å². The number of aryl methyl sites for hydroxylation is 2. The topological polar surface area (TPSA) is 53.3 Å². The maximum Gasteiger partial charge on any atom is 0.329 e. The molecule has 0 saturated carbocycles. The predicted octanol–water partition coefficient (Wildman–Crippen LogP) is 2.11. The lowest BCUT2D eigenvalue weighted by atomic mass is 10.0. The van der Waals surface area contributed by atoms with E-state index in [-0.39, 0.29) is 0 Å². The van der Waals surface area contributed by atoms with Crippen molar-refractivity contribution in [1.82, 2.24) is 0 Å². The Morgan fingerprint density at radius 3 is 2.41 bits per heavy atom. The van der Waals surface area contributed by atoms with Gasteiger partial charge in [0.2, 0.25) is 0 Å². The van der Waals surface area contributed by atoms with Crippen molar-refractivity contribution in [3.8, 4) is 11.8 Å². The van der Waals surface area contributed by atoms with Crippen LogP contribution in [-0.4, -0.2) is 20.1 Å². The third-order valence-electron chi connectivity index (χ3n) is 2.89. The lowest BCUT2D eigenvalue weighted by Gasteiger charge is -2.22. The molecule has 0 heterocycles. The van der Waals surface area contributed by atoms with E-state index in [0.29, 0.717) is 11.4 Å². The van der Waals surface area contributed by atoms with E-state index in [1.54, 1.807) is 20.2 Å². The third-order valence-corrected chi connectivity index (χ3v) is 2.89. The molecular formula is C13H16N2O2. The van der Waals surface area contributed by atoms with Gasteiger partial charge in [0.1, 0.15) is 5.75 Å². The molecule has 17 heavy (non-hydrogen) atoms. The number of hydrogen-bond acceptors (Lipinski definition) is 3. The fraction of sp³-hybridized carbons (Fsp3) is 0.385. The van der Waals surface area contributed by atoms with Crippen molar-refractivity contribution in [3.05, 3.63) is 22.8 Å². The SMILES string of the molecule is COc1c(C)c(C)cc(C)c1N(C)C(=O)C#N. The van der Waals surface area contributed by atoms with E-state index in [4.69, 9.17) is 10.00 Å². The summed E-state index contributed by atoms with van der Waals surface area (Å²) in [7, 11) is 3.14. The highest BCUT2D eigenvalue weighted by Crippen LogP contribution is 2.36. The van der Waals surface area contributed by atoms with Crippen LogP contribution in [0.1, 0.15) is 16.7 Å². The Hall–Kier alpha value is -2.02. The van der Waals surface area contributed by atoms with Gasteiger partial charge in [0.15, 0.2) is 6.07 Å². The summed E-state index contributed by atoms with van der Waals surface area (Å²) in [6.07, 6.45) is 0. The molecule has 0 fully saturated rings. The Labute approximate surface area is 101 Å². The number of ether oxygens (including phenoxy) is 1. The number of anilines is 1. The number of carbonyl (C=O) groups excluding carboxylic acids is 1. The van der Waals surface area contributed by atoms with Gasteiger partial charge < -0.3 is 4.74 Å². The summed E-state index contributed by atoms with van der Waals surface area (Å²) in [6, 6.07) is 3.59. The zero-order valence-corrected chi connectivity index (χ0v) is 10.8. The third kappa shape index (κ3) is 2.23. The van der Waals surface area contributed by atoms with Crippen molar-refractivity contribution in [3.63, 3.8) is 0 Å². The predicted molar refractivity (Wildman–Crippen MR) is 66.2 cm³/mol. The molecule has 0 radical (unpaired) electrons. The van der Waals surface area contributed by atoms with Gasteiger partial charge in [-0.15, -0.1) is 0 Å². The van der Waals surface area contributed by atoms with Crippen LogP contribution in [0.4, 0.5) is 5.69 Å². The van der Waals surface area contributed by atoms with Gasteiger partial charge in [0.05, 0.1) is 12.8 Å². The van der Waals surface area contributed by atoms with Crippen LogP contribution in [0, 0.1) is 32.1 Å². The van der Waals surface area contributed by atoms with Crippen molar-refractivity contribution >= 4 is 11.6 Å². The van der Waals surface area contributed by atoms with E-state index in [9.17, 15) is 4.79 Å². The molecule has 1 aromatic rings. The maximum atomic E-state index is 11.4. The number of benzene rings is 1. The smallest absolute Gasteiger partial charge is 0.329 e. The van der Waals surface area contributed by atoms with Gasteiger partial charge in [-0.2, -0.15) is 5.26 Å². The highest BCUT2D eigenvalue weighted by molar-refractivity contribution is 6.05. The molecule has 0 saturated heterocycles. The van der Waals surface area contributed by atoms with Crippen LogP contribution in [-0.2, 0) is 4.79 Å². The van der Waals surface area contributed by atoms with Crippen molar-refractivity contribution in [2.45, 2.75) is 20.8 Å². The van der Waals surface area contributed by atoms with Gasteiger partial charge in [-0.3, -0.25) is 9.69 Å². The van der Waals surface area contributed by atoms with Gasteiger partial charge in [0.25, 0.3) is 0 Å². The molecule has 4 nitrogen and oxygen atoms in total. The first kappa shape index (κ1) is 13.0. The van der Waals surface area contributed by atoms with Crippen LogP contribution in [0.2, 0.25) is 0 Å². The molecule has 0 aliphatic carbocycles. The van der Waals surface area contributed by atoms with Gasteiger partial charge in [-0.05, 0) is 37.5 Å². The molecule has 0 aliphatic rings. The lowest BCUT2D eigenvalue weighted by Crippen LogP contribution is -2.26. The minimum Gasteiger partial charge on any atom is -0.494 e. The monoisotopic (exact) mass is 232 g/mol. The maximum absolute atomic E-state index is 11.4. The highest BCUT2D eigenvalue weighted by atomic mass is 16.5. The zero-order valence-electron chi connectivity index (χ0n) is 10.8. The highest BCUT2D eigenvalue weighted by Gasteiger charge is 2.19. The van der Waals surface area contributed by atoms with E-state index in [1.165, 1.54) is 4.90 Å². The molecule has 0 unspecified atom stereocenters. The van der Waals surface area contributed by atoms with Crippen molar-refractivity contribution < 1.29 is 9.53 Å². The average molecular weight is 232 g/mol. The van der Waals surface area contributed by atoms with E-state index in [0.717, 1.165) is 16.7 Å². The summed E-state index contributed by atoms with van der Waals surface area (Å²) in [5, 5.41) is 8.66. The van der Waals surface area contributed by atoms with Crippen LogP contribution < -0.4 is 9.64 Å². The molecule has 0 spiro atoms. The first-order valence-corrected chi connectivity index (χ1v) is 5.26. The van der Waals surface area contributed by atoms with Crippen molar-refractivity contribution in [2.75, 3.05) is 19.1 Å². The Morgan fingerprint density at radius 2 is 1.94 bits per heavy atom. The number of carbonyl (C=O) groups is 1. The molecule has 0 N–H and O–H groups in total. The van der Waals surface area contributed by atoms with E-state index < -0.39 is 5.91 Å². The van der Waals surface area contributed by atoms with Crippen LogP contribution in [0.15, 0.2) is 6.07 Å². The van der Waals surface area contributed by atoms with Crippen molar-refractivity contribution in [2.24, 2.45) is 0 Å². The normalized spacial score (nSPS) is 9.65. The molecule has 0 aliphatic heterocycles. The zero-order chi connectivity index (χ0) is 13.2. The lowest BCUT2D eigenvalue weighted by molar-refractivity contribution is -0.113. The fourth-order valence-corrected chi connectivity index (χ4v) is 1.88. The minimum atomic E-state index is -0.602. The molecule has 1 amide bonds. The van der Waals surface area contributed by atoms with Crippen LogP contribution >= 0.6 is 0 Å². The molecule has 0 aromatic heterocycles. The molecule has 0 bridgehead atoms. The standard InChI is InChI=1S/C13H16N2O2/c1-8-6-9(2)12(13(17-5)10(8)3)15(4)11(16)7-14/h6H,1-5H3. The molecule has 4 heteroatoms.